The number of aliphatic hydroxyl groups is 1. The van der Waals surface area contributed by atoms with Gasteiger partial charge in [-0.15, -0.1) is 0 Å². The molecule has 0 saturated carbocycles. The maximum atomic E-state index is 14.0. The molecule has 0 spiro atoms. The third-order valence-corrected chi connectivity index (χ3v) is 9.38. The van der Waals surface area contributed by atoms with E-state index in [9.17, 15) is 13.2 Å². The van der Waals surface area contributed by atoms with Crippen LogP contribution in [0.25, 0.3) is 0 Å². The number of carbonyl (C=O) groups is 1. The highest BCUT2D eigenvalue weighted by Crippen LogP contribution is 2.45. The average Bonchev–Trinajstić information content (AvgIpc) is 3.40. The number of nitrogens with zero attached hydrogens (tertiary/aromatic N) is 1. The molecule has 3 aromatic rings. The molecular weight excluding hydrogens is 622 g/mol. The predicted octanol–water partition coefficient (Wildman–Crippen LogP) is 4.75. The number of sulfone groups is 1. The maximum Gasteiger partial charge on any atom is 0.266 e. The van der Waals surface area contributed by atoms with Crippen LogP contribution in [0.3, 0.4) is 0 Å². The summed E-state index contributed by atoms with van der Waals surface area (Å²) in [4.78, 5) is 19.1. The molecule has 2 atom stereocenters. The van der Waals surface area contributed by atoms with E-state index >= 15 is 0 Å². The van der Waals surface area contributed by atoms with Crippen molar-refractivity contribution in [2.45, 2.75) is 49.1 Å². The molecule has 42 heavy (non-hydrogen) atoms. The van der Waals surface area contributed by atoms with Gasteiger partial charge in [0.2, 0.25) is 5.90 Å². The van der Waals surface area contributed by atoms with Gasteiger partial charge in [0.05, 0.1) is 17.3 Å². The number of carbonyl (C=O) groups excluding carboxylic acids is 1. The minimum atomic E-state index is -3.73. The van der Waals surface area contributed by atoms with Gasteiger partial charge in [0.25, 0.3) is 5.91 Å². The van der Waals surface area contributed by atoms with Crippen LogP contribution < -0.4 is 15.6 Å². The van der Waals surface area contributed by atoms with Crippen molar-refractivity contribution >= 4 is 37.6 Å². The average molecular weight is 659 g/mol. The number of hydrogen-bond acceptors (Lipinski definition) is 8. The third-order valence-electron chi connectivity index (χ3n) is 6.93. The number of halogens is 1. The van der Waals surface area contributed by atoms with Gasteiger partial charge in [0.15, 0.2) is 21.5 Å². The molecule has 3 aromatic carbocycles. The predicted molar refractivity (Wildman–Crippen MR) is 165 cm³/mol. The maximum absolute atomic E-state index is 14.0. The topological polar surface area (TPSA) is 126 Å². The van der Waals surface area contributed by atoms with Crippen LogP contribution in [0.5, 0.6) is 5.75 Å². The van der Waals surface area contributed by atoms with Gasteiger partial charge >= 0.3 is 0 Å². The Labute approximate surface area is 255 Å². The zero-order valence-corrected chi connectivity index (χ0v) is 25.9. The van der Waals surface area contributed by atoms with Crippen LogP contribution in [0.4, 0.5) is 0 Å². The van der Waals surface area contributed by atoms with Crippen LogP contribution in [0.15, 0.2) is 93.2 Å². The van der Waals surface area contributed by atoms with Gasteiger partial charge < -0.3 is 14.6 Å². The molecule has 1 aliphatic heterocycles. The highest BCUT2D eigenvalue weighted by atomic mass is 79.9. The lowest BCUT2D eigenvalue weighted by Crippen LogP contribution is -2.53. The number of aliphatic imine (C=N–C) groups is 1. The second kappa shape index (κ2) is 14.8. The van der Waals surface area contributed by atoms with E-state index in [4.69, 9.17) is 19.6 Å². The highest BCUT2D eigenvalue weighted by molar-refractivity contribution is 9.10. The summed E-state index contributed by atoms with van der Waals surface area (Å²) in [7, 11) is -3.73. The van der Waals surface area contributed by atoms with Crippen molar-refractivity contribution in [1.82, 2.24) is 10.9 Å². The molecule has 3 N–H and O–H groups in total. The summed E-state index contributed by atoms with van der Waals surface area (Å²) in [6.45, 7) is 3.01. The van der Waals surface area contributed by atoms with E-state index in [1.165, 1.54) is 0 Å². The first-order valence-electron chi connectivity index (χ1n) is 14.0. The van der Waals surface area contributed by atoms with Gasteiger partial charge in [0, 0.05) is 41.6 Å². The Kier molecular flexibility index (Phi) is 11.1. The van der Waals surface area contributed by atoms with Gasteiger partial charge in [0.1, 0.15) is 5.75 Å². The smallest absolute Gasteiger partial charge is 0.266 e. The molecule has 1 heterocycles. The lowest BCUT2D eigenvalue weighted by Gasteiger charge is -2.31. The minimum absolute atomic E-state index is 0.0383. The lowest BCUT2D eigenvalue weighted by molar-refractivity contribution is -0.130. The molecular formula is C31H36BrN3O6S. The van der Waals surface area contributed by atoms with Crippen molar-refractivity contribution in [3.8, 4) is 5.75 Å². The Hall–Kier alpha value is -3.25. The Morgan fingerprint density at radius 2 is 1.76 bits per heavy atom. The molecule has 0 unspecified atom stereocenters. The van der Waals surface area contributed by atoms with E-state index in [0.29, 0.717) is 40.9 Å². The van der Waals surface area contributed by atoms with Crippen LogP contribution in [-0.2, 0) is 19.4 Å². The fraction of sp³-hybridized carbons (Fsp3) is 0.355. The minimum Gasteiger partial charge on any atom is -0.494 e. The first-order chi connectivity index (χ1) is 20.3. The summed E-state index contributed by atoms with van der Waals surface area (Å²) in [5.74, 6) is 0.0317. The summed E-state index contributed by atoms with van der Waals surface area (Å²) in [6, 6.07) is 22.6. The Bertz CT molecular complexity index is 1470. The van der Waals surface area contributed by atoms with E-state index in [1.54, 1.807) is 54.6 Å². The Balaban J connectivity index is 1.74. The van der Waals surface area contributed by atoms with Crippen LogP contribution in [0, 0.1) is 0 Å². The van der Waals surface area contributed by atoms with Crippen LogP contribution >= 0.6 is 15.9 Å². The molecule has 1 amide bonds. The number of nitrogens with one attached hydrogen (secondary N) is 2. The second-order valence-electron chi connectivity index (χ2n) is 9.93. The fourth-order valence-electron chi connectivity index (χ4n) is 4.59. The lowest BCUT2D eigenvalue weighted by atomic mass is 9.85. The van der Waals surface area contributed by atoms with E-state index < -0.39 is 27.4 Å². The monoisotopic (exact) mass is 657 g/mol. The van der Waals surface area contributed by atoms with Crippen molar-refractivity contribution in [3.63, 3.8) is 0 Å². The van der Waals surface area contributed by atoms with E-state index in [1.807, 2.05) is 31.2 Å². The van der Waals surface area contributed by atoms with Crippen molar-refractivity contribution in [3.05, 3.63) is 94.5 Å². The third kappa shape index (κ3) is 7.57. The number of amides is 1. The van der Waals surface area contributed by atoms with Crippen LogP contribution in [-0.4, -0.2) is 56.4 Å². The summed E-state index contributed by atoms with van der Waals surface area (Å²) in [5.41, 5.74) is 5.43. The molecule has 224 valence electrons. The number of unbranched alkanes of at least 4 members (excludes halogenated alkanes) is 1. The van der Waals surface area contributed by atoms with Crippen LogP contribution in [0.2, 0.25) is 0 Å². The second-order valence-corrected chi connectivity index (χ2v) is 12.9. The van der Waals surface area contributed by atoms with Gasteiger partial charge in [-0.2, -0.15) is 0 Å². The molecule has 4 rings (SSSR count). The molecule has 0 saturated heterocycles. The fourth-order valence-corrected chi connectivity index (χ4v) is 6.47. The Morgan fingerprint density at radius 3 is 2.45 bits per heavy atom. The molecule has 0 aliphatic carbocycles. The number of benzene rings is 3. The van der Waals surface area contributed by atoms with Crippen molar-refractivity contribution in [2.75, 3.05) is 25.5 Å². The van der Waals surface area contributed by atoms with Crippen molar-refractivity contribution in [2.24, 2.45) is 4.99 Å². The van der Waals surface area contributed by atoms with E-state index in [2.05, 4.69) is 26.8 Å². The van der Waals surface area contributed by atoms with E-state index in [0.717, 1.165) is 12.8 Å². The molecule has 0 aromatic heterocycles. The first-order valence-corrected chi connectivity index (χ1v) is 16.4. The van der Waals surface area contributed by atoms with Gasteiger partial charge in [-0.3, -0.25) is 10.2 Å². The SMILES string of the molecule is CCCCNNC(=O)[C@@]1(CCS(=O)(=O)c2ccccc2)N=C(c2ccc(OCCCO)cc2)O[C@H]1c1ccccc1Br. The normalized spacial score (nSPS) is 18.3. The molecule has 9 nitrogen and oxygen atoms in total. The number of hydrazine groups is 1. The zero-order chi connectivity index (χ0) is 30.0. The highest BCUT2D eigenvalue weighted by Gasteiger charge is 2.54. The Morgan fingerprint density at radius 1 is 1.05 bits per heavy atom. The van der Waals surface area contributed by atoms with Gasteiger partial charge in [-0.05, 0) is 48.9 Å². The quantitative estimate of drug-likeness (QED) is 0.159. The van der Waals surface area contributed by atoms with Crippen molar-refractivity contribution in [1.29, 1.82) is 0 Å². The number of hydrogen-bond donors (Lipinski definition) is 3. The number of aliphatic hydroxyl groups excluding tert-OH is 1. The zero-order valence-electron chi connectivity index (χ0n) is 23.5. The van der Waals surface area contributed by atoms with Crippen molar-refractivity contribution < 1.29 is 27.8 Å². The first kappa shape index (κ1) is 31.7. The molecule has 1 aliphatic rings. The number of ether oxygens (including phenoxy) is 2. The molecule has 0 fully saturated rings. The molecule has 11 heteroatoms. The summed E-state index contributed by atoms with van der Waals surface area (Å²) in [6.07, 6.45) is 1.27. The van der Waals surface area contributed by atoms with Crippen LogP contribution in [0.1, 0.15) is 49.8 Å². The molecule has 0 bridgehead atoms. The standard InChI is InChI=1S/C31H36BrN3O6S/c1-2-3-19-33-35-30(37)31(18-22-42(38,39)25-10-5-4-6-11-25)28(26-12-7-8-13-27(26)32)41-29(34-31)23-14-16-24(17-15-23)40-21-9-20-36/h4-8,10-17,28,33,36H,2-3,9,18-22H2,1H3,(H,35,37)/t28-,31-/m0/s1. The number of rotatable bonds is 15. The summed E-state index contributed by atoms with van der Waals surface area (Å²) < 4.78 is 39.6. The van der Waals surface area contributed by atoms with Gasteiger partial charge in [-0.25, -0.2) is 18.8 Å². The largest absolute Gasteiger partial charge is 0.494 e. The van der Waals surface area contributed by atoms with Gasteiger partial charge in [-0.1, -0.05) is 65.7 Å². The molecule has 0 radical (unpaired) electrons. The summed E-state index contributed by atoms with van der Waals surface area (Å²) >= 11 is 3.59. The van der Waals surface area contributed by atoms with E-state index in [-0.39, 0.29) is 29.6 Å². The summed E-state index contributed by atoms with van der Waals surface area (Å²) in [5, 5.41) is 9.01.